The lowest BCUT2D eigenvalue weighted by atomic mass is 10.2. The van der Waals surface area contributed by atoms with Crippen molar-refractivity contribution in [2.24, 2.45) is 10.9 Å². The van der Waals surface area contributed by atoms with E-state index in [4.69, 9.17) is 9.47 Å². The van der Waals surface area contributed by atoms with Crippen LogP contribution in [0.5, 0.6) is 5.75 Å². The van der Waals surface area contributed by atoms with Gasteiger partial charge in [-0.2, -0.15) is 0 Å². The van der Waals surface area contributed by atoms with E-state index in [1.54, 1.807) is 0 Å². The molecule has 1 fully saturated rings. The van der Waals surface area contributed by atoms with Crippen LogP contribution in [0.4, 0.5) is 0 Å². The quantitative estimate of drug-likeness (QED) is 0.251. The number of hydrogen-bond acceptors (Lipinski definition) is 3. The maximum atomic E-state index is 5.73. The van der Waals surface area contributed by atoms with E-state index in [0.29, 0.717) is 6.61 Å². The van der Waals surface area contributed by atoms with Crippen LogP contribution in [-0.2, 0) is 4.74 Å². The average molecular weight is 461 g/mol. The van der Waals surface area contributed by atoms with Crippen LogP contribution in [0.15, 0.2) is 29.3 Å². The fraction of sp³-hybridized carbons (Fsp3) is 0.632. The van der Waals surface area contributed by atoms with Gasteiger partial charge in [-0.1, -0.05) is 17.7 Å². The van der Waals surface area contributed by atoms with Gasteiger partial charge in [-0.15, -0.1) is 24.0 Å². The third kappa shape index (κ3) is 9.30. The summed E-state index contributed by atoms with van der Waals surface area (Å²) in [5.74, 6) is 2.65. The number of rotatable bonds is 10. The Bertz CT molecular complexity index is 504. The monoisotopic (exact) mass is 461 g/mol. The molecule has 0 radical (unpaired) electrons. The zero-order valence-electron chi connectivity index (χ0n) is 15.7. The zero-order chi connectivity index (χ0) is 17.2. The molecule has 2 rings (SSSR count). The molecule has 0 spiro atoms. The van der Waals surface area contributed by atoms with E-state index in [-0.39, 0.29) is 24.0 Å². The molecule has 1 saturated carbocycles. The van der Waals surface area contributed by atoms with E-state index in [1.165, 1.54) is 18.4 Å². The van der Waals surface area contributed by atoms with Gasteiger partial charge in [0.2, 0.25) is 0 Å². The maximum Gasteiger partial charge on any atom is 0.193 e. The first-order valence-electron chi connectivity index (χ1n) is 8.88. The number of nitrogens with zero attached hydrogens (tertiary/aromatic N) is 2. The fourth-order valence-corrected chi connectivity index (χ4v) is 2.32. The van der Waals surface area contributed by atoms with Gasteiger partial charge in [0, 0.05) is 33.8 Å². The summed E-state index contributed by atoms with van der Waals surface area (Å²) >= 11 is 0. The van der Waals surface area contributed by atoms with Crippen molar-refractivity contribution in [1.82, 2.24) is 10.2 Å². The normalized spacial score (nSPS) is 14.0. The highest BCUT2D eigenvalue weighted by Crippen LogP contribution is 2.28. The highest BCUT2D eigenvalue weighted by molar-refractivity contribution is 14.0. The van der Waals surface area contributed by atoms with E-state index < -0.39 is 0 Å². The topological polar surface area (TPSA) is 46.1 Å². The molecule has 25 heavy (non-hydrogen) atoms. The molecule has 5 nitrogen and oxygen atoms in total. The van der Waals surface area contributed by atoms with Crippen molar-refractivity contribution in [2.45, 2.75) is 26.2 Å². The van der Waals surface area contributed by atoms with Gasteiger partial charge >= 0.3 is 0 Å². The first-order valence-corrected chi connectivity index (χ1v) is 8.88. The molecule has 0 unspecified atom stereocenters. The Morgan fingerprint density at radius 3 is 2.60 bits per heavy atom. The Kier molecular flexibility index (Phi) is 10.9. The van der Waals surface area contributed by atoms with Crippen molar-refractivity contribution in [1.29, 1.82) is 0 Å². The summed E-state index contributed by atoms with van der Waals surface area (Å²) in [6.45, 7) is 6.13. The number of benzene rings is 1. The smallest absolute Gasteiger partial charge is 0.193 e. The minimum Gasteiger partial charge on any atom is -0.494 e. The average Bonchev–Trinajstić information content (AvgIpc) is 3.41. The van der Waals surface area contributed by atoms with E-state index in [2.05, 4.69) is 34.3 Å². The van der Waals surface area contributed by atoms with Crippen LogP contribution in [0, 0.1) is 12.8 Å². The number of halogens is 1. The van der Waals surface area contributed by atoms with Crippen LogP contribution in [0.25, 0.3) is 0 Å². The van der Waals surface area contributed by atoms with Crippen molar-refractivity contribution in [3.63, 3.8) is 0 Å². The van der Waals surface area contributed by atoms with Crippen molar-refractivity contribution < 1.29 is 9.47 Å². The van der Waals surface area contributed by atoms with Crippen LogP contribution in [-0.4, -0.2) is 57.9 Å². The first-order chi connectivity index (χ1) is 11.7. The van der Waals surface area contributed by atoms with Gasteiger partial charge in [0.05, 0.1) is 13.2 Å². The number of ether oxygens (including phenoxy) is 2. The largest absolute Gasteiger partial charge is 0.494 e. The molecular formula is C19H32IN3O2. The zero-order valence-corrected chi connectivity index (χ0v) is 18.0. The Morgan fingerprint density at radius 1 is 1.24 bits per heavy atom. The second kappa shape index (κ2) is 12.4. The molecule has 0 saturated heterocycles. The van der Waals surface area contributed by atoms with Crippen LogP contribution in [0.2, 0.25) is 0 Å². The summed E-state index contributed by atoms with van der Waals surface area (Å²) in [7, 11) is 3.85. The number of hydrogen-bond donors (Lipinski definition) is 1. The molecular weight excluding hydrogens is 429 g/mol. The molecule has 0 bridgehead atoms. The summed E-state index contributed by atoms with van der Waals surface area (Å²) in [6.07, 6.45) is 3.60. The molecule has 1 aliphatic rings. The highest BCUT2D eigenvalue weighted by Gasteiger charge is 2.21. The third-order valence-corrected chi connectivity index (χ3v) is 4.09. The van der Waals surface area contributed by atoms with E-state index >= 15 is 0 Å². The van der Waals surface area contributed by atoms with Crippen LogP contribution in [0.1, 0.15) is 24.8 Å². The Morgan fingerprint density at radius 2 is 1.96 bits per heavy atom. The molecule has 1 aliphatic carbocycles. The summed E-state index contributed by atoms with van der Waals surface area (Å²) in [5, 5.41) is 3.37. The predicted octanol–water partition coefficient (Wildman–Crippen LogP) is 3.32. The second-order valence-electron chi connectivity index (χ2n) is 6.43. The van der Waals surface area contributed by atoms with Crippen molar-refractivity contribution in [3.05, 3.63) is 29.8 Å². The van der Waals surface area contributed by atoms with Gasteiger partial charge in [0.25, 0.3) is 0 Å². The molecule has 0 aliphatic heterocycles. The molecule has 0 heterocycles. The number of aliphatic imine (C=N–C) groups is 1. The molecule has 0 aromatic heterocycles. The van der Waals surface area contributed by atoms with Crippen molar-refractivity contribution in [2.75, 3.05) is 47.0 Å². The van der Waals surface area contributed by atoms with Gasteiger partial charge in [-0.05, 0) is 44.2 Å². The first kappa shape index (κ1) is 22.0. The predicted molar refractivity (Wildman–Crippen MR) is 114 cm³/mol. The van der Waals surface area contributed by atoms with Crippen LogP contribution < -0.4 is 10.1 Å². The molecule has 0 amide bonds. The molecule has 6 heteroatoms. The third-order valence-electron chi connectivity index (χ3n) is 4.09. The van der Waals surface area contributed by atoms with Crippen LogP contribution >= 0.6 is 24.0 Å². The lowest BCUT2D eigenvalue weighted by Gasteiger charge is -2.22. The summed E-state index contributed by atoms with van der Waals surface area (Å²) < 4.78 is 11.4. The SMILES string of the molecule is CN=C(NCCCOc1ccc(C)cc1)N(C)CCOCC1CC1.I. The van der Waals surface area contributed by atoms with E-state index in [1.807, 2.05) is 26.2 Å². The second-order valence-corrected chi connectivity index (χ2v) is 6.43. The number of guanidine groups is 1. The molecule has 1 aromatic carbocycles. The number of nitrogens with one attached hydrogen (secondary N) is 1. The van der Waals surface area contributed by atoms with Gasteiger partial charge in [0.1, 0.15) is 5.75 Å². The van der Waals surface area contributed by atoms with Crippen molar-refractivity contribution >= 4 is 29.9 Å². The van der Waals surface area contributed by atoms with Crippen LogP contribution in [0.3, 0.4) is 0 Å². The summed E-state index contributed by atoms with van der Waals surface area (Å²) in [5.41, 5.74) is 1.25. The molecule has 0 atom stereocenters. The van der Waals surface area contributed by atoms with E-state index in [9.17, 15) is 0 Å². The lowest BCUT2D eigenvalue weighted by Crippen LogP contribution is -2.41. The Labute approximate surface area is 169 Å². The lowest BCUT2D eigenvalue weighted by molar-refractivity contribution is 0.115. The minimum atomic E-state index is 0. The van der Waals surface area contributed by atoms with E-state index in [0.717, 1.165) is 50.4 Å². The Balaban J connectivity index is 0.00000312. The Hall–Kier alpha value is -1.02. The van der Waals surface area contributed by atoms with Gasteiger partial charge in [-0.3, -0.25) is 4.99 Å². The standard InChI is InChI=1S/C19H31N3O2.HI/c1-16-5-9-18(10-6-16)24-13-4-11-21-19(20-2)22(3)12-14-23-15-17-7-8-17;/h5-6,9-10,17H,4,7-8,11-15H2,1-3H3,(H,20,21);1H. The highest BCUT2D eigenvalue weighted by atomic mass is 127. The van der Waals surface area contributed by atoms with Crippen molar-refractivity contribution in [3.8, 4) is 5.75 Å². The molecule has 1 N–H and O–H groups in total. The minimum absolute atomic E-state index is 0. The summed E-state index contributed by atoms with van der Waals surface area (Å²) in [6, 6.07) is 8.15. The molecule has 1 aromatic rings. The fourth-order valence-electron chi connectivity index (χ4n) is 2.32. The van der Waals surface area contributed by atoms with Gasteiger partial charge < -0.3 is 19.7 Å². The molecule has 142 valence electrons. The van der Waals surface area contributed by atoms with Gasteiger partial charge in [0.15, 0.2) is 5.96 Å². The maximum absolute atomic E-state index is 5.73. The number of likely N-dealkylation sites (N-methyl/N-ethyl adjacent to an activating group) is 1. The summed E-state index contributed by atoms with van der Waals surface area (Å²) in [4.78, 5) is 6.42. The number of aryl methyl sites for hydroxylation is 1. The van der Waals surface area contributed by atoms with Gasteiger partial charge in [-0.25, -0.2) is 0 Å².